The second-order valence-electron chi connectivity index (χ2n) is 4.71. The van der Waals surface area contributed by atoms with E-state index in [4.69, 9.17) is 33.0 Å². The SMILES string of the molecule is CC(Oc1ccc(Cl)cc1Cl)C(=O)Nc1cccc(C(=O)O)c1. The van der Waals surface area contributed by atoms with Crippen LogP contribution in [0.2, 0.25) is 10.0 Å². The van der Waals surface area contributed by atoms with Gasteiger partial charge in [-0.05, 0) is 43.3 Å². The van der Waals surface area contributed by atoms with Crippen molar-refractivity contribution in [3.8, 4) is 5.75 Å². The Labute approximate surface area is 142 Å². The van der Waals surface area contributed by atoms with Gasteiger partial charge in [0.1, 0.15) is 5.75 Å². The summed E-state index contributed by atoms with van der Waals surface area (Å²) in [5.74, 6) is -1.17. The summed E-state index contributed by atoms with van der Waals surface area (Å²) in [5.41, 5.74) is 0.449. The monoisotopic (exact) mass is 353 g/mol. The van der Waals surface area contributed by atoms with Gasteiger partial charge in [0.15, 0.2) is 6.10 Å². The number of amides is 1. The molecular weight excluding hydrogens is 341 g/mol. The molecule has 0 aliphatic carbocycles. The molecule has 2 aromatic carbocycles. The van der Waals surface area contributed by atoms with Gasteiger partial charge in [-0.2, -0.15) is 0 Å². The highest BCUT2D eigenvalue weighted by atomic mass is 35.5. The first-order chi connectivity index (χ1) is 10.9. The van der Waals surface area contributed by atoms with Crippen molar-refractivity contribution < 1.29 is 19.4 Å². The van der Waals surface area contributed by atoms with Crippen LogP contribution in [-0.2, 0) is 4.79 Å². The summed E-state index contributed by atoms with van der Waals surface area (Å²) < 4.78 is 5.49. The molecule has 0 aliphatic rings. The molecule has 1 unspecified atom stereocenters. The van der Waals surface area contributed by atoms with E-state index >= 15 is 0 Å². The molecule has 0 fully saturated rings. The van der Waals surface area contributed by atoms with E-state index in [1.165, 1.54) is 18.2 Å². The zero-order valence-corrected chi connectivity index (χ0v) is 13.6. The molecule has 7 heteroatoms. The number of hydrogen-bond donors (Lipinski definition) is 2. The fourth-order valence-corrected chi connectivity index (χ4v) is 2.24. The second kappa shape index (κ2) is 7.35. The first kappa shape index (κ1) is 17.1. The van der Waals surface area contributed by atoms with Gasteiger partial charge in [-0.15, -0.1) is 0 Å². The summed E-state index contributed by atoms with van der Waals surface area (Å²) in [7, 11) is 0. The van der Waals surface area contributed by atoms with E-state index in [0.717, 1.165) is 0 Å². The van der Waals surface area contributed by atoms with Crippen LogP contribution in [0.15, 0.2) is 42.5 Å². The fourth-order valence-electron chi connectivity index (χ4n) is 1.79. The van der Waals surface area contributed by atoms with Crippen molar-refractivity contribution in [2.75, 3.05) is 5.32 Å². The predicted octanol–water partition coefficient (Wildman–Crippen LogP) is 4.10. The van der Waals surface area contributed by atoms with E-state index in [-0.39, 0.29) is 5.56 Å². The number of ether oxygens (including phenoxy) is 1. The minimum absolute atomic E-state index is 0.0807. The largest absolute Gasteiger partial charge is 0.479 e. The Balaban J connectivity index is 2.05. The van der Waals surface area contributed by atoms with Crippen molar-refractivity contribution in [1.82, 2.24) is 0 Å². The molecule has 120 valence electrons. The van der Waals surface area contributed by atoms with Gasteiger partial charge in [-0.25, -0.2) is 4.79 Å². The molecule has 0 radical (unpaired) electrons. The number of carboxylic acid groups (broad SMARTS) is 1. The van der Waals surface area contributed by atoms with Gasteiger partial charge in [0, 0.05) is 10.7 Å². The van der Waals surface area contributed by atoms with Crippen LogP contribution in [0.1, 0.15) is 17.3 Å². The number of benzene rings is 2. The number of hydrogen-bond acceptors (Lipinski definition) is 3. The molecule has 2 rings (SSSR count). The molecule has 2 N–H and O–H groups in total. The number of carbonyl (C=O) groups is 2. The minimum Gasteiger partial charge on any atom is -0.479 e. The smallest absolute Gasteiger partial charge is 0.335 e. The molecule has 1 amide bonds. The molecule has 5 nitrogen and oxygen atoms in total. The molecule has 0 bridgehead atoms. The van der Waals surface area contributed by atoms with Crippen molar-refractivity contribution in [1.29, 1.82) is 0 Å². The zero-order valence-electron chi connectivity index (χ0n) is 12.0. The lowest BCUT2D eigenvalue weighted by atomic mass is 10.2. The first-order valence-corrected chi connectivity index (χ1v) is 7.38. The van der Waals surface area contributed by atoms with Gasteiger partial charge in [0.2, 0.25) is 0 Å². The van der Waals surface area contributed by atoms with Gasteiger partial charge >= 0.3 is 5.97 Å². The molecule has 0 spiro atoms. The maximum atomic E-state index is 12.1. The van der Waals surface area contributed by atoms with E-state index in [1.54, 1.807) is 31.2 Å². The van der Waals surface area contributed by atoms with Crippen molar-refractivity contribution in [2.24, 2.45) is 0 Å². The number of carboxylic acids is 1. The first-order valence-electron chi connectivity index (χ1n) is 6.63. The summed E-state index contributed by atoms with van der Waals surface area (Å²) in [6.07, 6.45) is -0.831. The van der Waals surface area contributed by atoms with Crippen LogP contribution >= 0.6 is 23.2 Å². The van der Waals surface area contributed by atoms with E-state index in [0.29, 0.717) is 21.5 Å². The average molecular weight is 354 g/mol. The van der Waals surface area contributed by atoms with E-state index in [1.807, 2.05) is 0 Å². The van der Waals surface area contributed by atoms with E-state index in [2.05, 4.69) is 5.32 Å². The summed E-state index contributed by atoms with van der Waals surface area (Å²) in [5, 5.41) is 12.3. The van der Waals surface area contributed by atoms with Crippen LogP contribution in [0, 0.1) is 0 Å². The molecule has 0 saturated heterocycles. The second-order valence-corrected chi connectivity index (χ2v) is 5.55. The summed E-state index contributed by atoms with van der Waals surface area (Å²) in [6, 6.07) is 10.6. The maximum absolute atomic E-state index is 12.1. The third-order valence-corrected chi connectivity index (χ3v) is 3.47. The fraction of sp³-hybridized carbons (Fsp3) is 0.125. The number of carbonyl (C=O) groups excluding carboxylic acids is 1. The van der Waals surface area contributed by atoms with Gasteiger partial charge in [0.25, 0.3) is 5.91 Å². The van der Waals surface area contributed by atoms with Crippen LogP contribution in [0.5, 0.6) is 5.75 Å². The Kier molecular flexibility index (Phi) is 5.47. The Morgan fingerprint density at radius 2 is 1.91 bits per heavy atom. The molecule has 0 saturated carbocycles. The number of nitrogens with one attached hydrogen (secondary N) is 1. The molecule has 0 aliphatic heterocycles. The van der Waals surface area contributed by atoms with Crippen LogP contribution in [0.25, 0.3) is 0 Å². The standard InChI is InChI=1S/C16H13Cl2NO4/c1-9(23-14-6-5-11(17)8-13(14)18)15(20)19-12-4-2-3-10(7-12)16(21)22/h2-9H,1H3,(H,19,20)(H,21,22). The van der Waals surface area contributed by atoms with Crippen LogP contribution in [-0.4, -0.2) is 23.1 Å². The summed E-state index contributed by atoms with van der Waals surface area (Å²) in [4.78, 5) is 23.0. The van der Waals surface area contributed by atoms with Crippen LogP contribution in [0.3, 0.4) is 0 Å². The van der Waals surface area contributed by atoms with Crippen molar-refractivity contribution in [2.45, 2.75) is 13.0 Å². The third-order valence-electron chi connectivity index (χ3n) is 2.94. The average Bonchev–Trinajstić information content (AvgIpc) is 2.50. The lowest BCUT2D eigenvalue weighted by Crippen LogP contribution is -2.30. The van der Waals surface area contributed by atoms with Crippen LogP contribution in [0.4, 0.5) is 5.69 Å². The highest BCUT2D eigenvalue weighted by molar-refractivity contribution is 6.35. The highest BCUT2D eigenvalue weighted by Gasteiger charge is 2.17. The molecule has 1 atom stereocenters. The van der Waals surface area contributed by atoms with E-state index < -0.39 is 18.0 Å². The van der Waals surface area contributed by atoms with Crippen LogP contribution < -0.4 is 10.1 Å². The molecule has 2 aromatic rings. The third kappa shape index (κ3) is 4.61. The van der Waals surface area contributed by atoms with Crippen molar-refractivity contribution in [3.63, 3.8) is 0 Å². The lowest BCUT2D eigenvalue weighted by Gasteiger charge is -2.16. The number of halogens is 2. The quantitative estimate of drug-likeness (QED) is 0.848. The number of rotatable bonds is 5. The van der Waals surface area contributed by atoms with Gasteiger partial charge in [0.05, 0.1) is 10.6 Å². The molecule has 23 heavy (non-hydrogen) atoms. The molecule has 0 heterocycles. The van der Waals surface area contributed by atoms with Gasteiger partial charge in [-0.1, -0.05) is 29.3 Å². The van der Waals surface area contributed by atoms with Gasteiger partial charge < -0.3 is 15.2 Å². The highest BCUT2D eigenvalue weighted by Crippen LogP contribution is 2.28. The Bertz CT molecular complexity index is 749. The topological polar surface area (TPSA) is 75.6 Å². The van der Waals surface area contributed by atoms with Crippen molar-refractivity contribution in [3.05, 3.63) is 58.1 Å². The number of aromatic carboxylic acids is 1. The van der Waals surface area contributed by atoms with E-state index in [9.17, 15) is 9.59 Å². The van der Waals surface area contributed by atoms with Crippen molar-refractivity contribution >= 4 is 40.8 Å². The number of anilines is 1. The maximum Gasteiger partial charge on any atom is 0.335 e. The summed E-state index contributed by atoms with van der Waals surface area (Å²) >= 11 is 11.8. The Morgan fingerprint density at radius 3 is 2.57 bits per heavy atom. The normalized spacial score (nSPS) is 11.6. The molecular formula is C16H13Cl2NO4. The molecule has 0 aromatic heterocycles. The van der Waals surface area contributed by atoms with Gasteiger partial charge in [-0.3, -0.25) is 4.79 Å². The zero-order chi connectivity index (χ0) is 17.0. The predicted molar refractivity (Wildman–Crippen MR) is 88.6 cm³/mol. The Hall–Kier alpha value is -2.24. The minimum atomic E-state index is -1.07. The summed E-state index contributed by atoms with van der Waals surface area (Å²) in [6.45, 7) is 1.56. The lowest BCUT2D eigenvalue weighted by molar-refractivity contribution is -0.122. The Morgan fingerprint density at radius 1 is 1.17 bits per heavy atom.